The maximum Gasteiger partial charge on any atom is 0.337 e. The Hall–Kier alpha value is -3.74. The first-order valence-electron chi connectivity index (χ1n) is 8.22. The smallest absolute Gasteiger partial charge is 0.337 e. The molecule has 2 N–H and O–H groups in total. The second kappa shape index (κ2) is 7.87. The maximum atomic E-state index is 13.7. The molecule has 0 saturated carbocycles. The summed E-state index contributed by atoms with van der Waals surface area (Å²) in [5.41, 5.74) is 0.957. The van der Waals surface area contributed by atoms with E-state index in [1.54, 1.807) is 19.1 Å². The Kier molecular flexibility index (Phi) is 5.35. The number of para-hydroxylation sites is 1. The topological polar surface area (TPSA) is 75.6 Å². The van der Waals surface area contributed by atoms with Gasteiger partial charge in [0.2, 0.25) is 0 Å². The highest BCUT2D eigenvalue weighted by molar-refractivity contribution is 6.07. The number of amides is 1. The molecule has 0 aliphatic carbocycles. The van der Waals surface area contributed by atoms with Crippen LogP contribution in [0, 0.1) is 18.6 Å². The van der Waals surface area contributed by atoms with Gasteiger partial charge >= 0.3 is 5.97 Å². The van der Waals surface area contributed by atoms with Gasteiger partial charge in [0.15, 0.2) is 11.6 Å². The number of benzene rings is 3. The zero-order chi connectivity index (χ0) is 20.3. The average Bonchev–Trinajstić information content (AvgIpc) is 2.65. The molecule has 28 heavy (non-hydrogen) atoms. The monoisotopic (exact) mass is 383 g/mol. The van der Waals surface area contributed by atoms with Gasteiger partial charge in [-0.2, -0.15) is 0 Å². The second-order valence-corrected chi connectivity index (χ2v) is 5.96. The van der Waals surface area contributed by atoms with Gasteiger partial charge in [0.05, 0.1) is 11.3 Å². The Morgan fingerprint density at radius 1 is 0.964 bits per heavy atom. The molecule has 0 aliphatic rings. The maximum absolute atomic E-state index is 13.7. The number of carbonyl (C=O) groups is 2. The molecule has 142 valence electrons. The minimum Gasteiger partial charge on any atom is -0.478 e. The third-order valence-corrected chi connectivity index (χ3v) is 3.96. The number of hydrogen-bond donors (Lipinski definition) is 2. The number of nitrogens with one attached hydrogen (secondary N) is 1. The van der Waals surface area contributed by atoms with Crippen LogP contribution in [-0.2, 0) is 0 Å². The van der Waals surface area contributed by atoms with Crippen LogP contribution >= 0.6 is 0 Å². The molecule has 7 heteroatoms. The average molecular weight is 383 g/mol. The molecule has 0 aromatic heterocycles. The molecule has 0 bridgehead atoms. The summed E-state index contributed by atoms with van der Waals surface area (Å²) >= 11 is 0. The van der Waals surface area contributed by atoms with Crippen LogP contribution in [0.3, 0.4) is 0 Å². The fraction of sp³-hybridized carbons (Fsp3) is 0.0476. The van der Waals surface area contributed by atoms with Crippen LogP contribution in [-0.4, -0.2) is 17.0 Å². The van der Waals surface area contributed by atoms with Crippen LogP contribution in [0.2, 0.25) is 0 Å². The molecule has 0 fully saturated rings. The normalized spacial score (nSPS) is 10.4. The van der Waals surface area contributed by atoms with Gasteiger partial charge in [-0.15, -0.1) is 0 Å². The minimum absolute atomic E-state index is 0.0284. The van der Waals surface area contributed by atoms with E-state index in [4.69, 9.17) is 4.74 Å². The fourth-order valence-corrected chi connectivity index (χ4v) is 2.55. The van der Waals surface area contributed by atoms with E-state index in [-0.39, 0.29) is 22.6 Å². The number of anilines is 1. The van der Waals surface area contributed by atoms with Gasteiger partial charge < -0.3 is 15.2 Å². The molecular weight excluding hydrogens is 368 g/mol. The summed E-state index contributed by atoms with van der Waals surface area (Å²) in [5, 5.41) is 11.7. The SMILES string of the molecule is Cc1cc(C(=O)Nc2ccccc2C(=O)O)ccc1Oc1ccc(F)cc1F. The quantitative estimate of drug-likeness (QED) is 0.649. The highest BCUT2D eigenvalue weighted by atomic mass is 19.1. The van der Waals surface area contributed by atoms with Crippen LogP contribution in [0.5, 0.6) is 11.5 Å². The molecule has 3 aromatic carbocycles. The van der Waals surface area contributed by atoms with E-state index in [0.717, 1.165) is 6.07 Å². The Morgan fingerprint density at radius 2 is 1.68 bits per heavy atom. The molecule has 0 radical (unpaired) electrons. The molecule has 3 rings (SSSR count). The number of hydrogen-bond acceptors (Lipinski definition) is 3. The summed E-state index contributed by atoms with van der Waals surface area (Å²) in [6.07, 6.45) is 0. The largest absolute Gasteiger partial charge is 0.478 e. The number of carboxylic acids is 1. The summed E-state index contributed by atoms with van der Waals surface area (Å²) in [6.45, 7) is 1.67. The number of rotatable bonds is 5. The zero-order valence-electron chi connectivity index (χ0n) is 14.7. The van der Waals surface area contributed by atoms with Crippen molar-refractivity contribution in [2.45, 2.75) is 6.92 Å². The number of carboxylic acid groups (broad SMARTS) is 1. The van der Waals surface area contributed by atoms with E-state index >= 15 is 0 Å². The summed E-state index contributed by atoms with van der Waals surface area (Å²) in [4.78, 5) is 23.7. The summed E-state index contributed by atoms with van der Waals surface area (Å²) in [5.74, 6) is -3.06. The van der Waals surface area contributed by atoms with Gasteiger partial charge in [-0.1, -0.05) is 12.1 Å². The van der Waals surface area contributed by atoms with Crippen molar-refractivity contribution in [2.24, 2.45) is 0 Å². The molecule has 0 spiro atoms. The third-order valence-electron chi connectivity index (χ3n) is 3.96. The van der Waals surface area contributed by atoms with Gasteiger partial charge in [0.1, 0.15) is 11.6 Å². The number of ether oxygens (including phenoxy) is 1. The highest BCUT2D eigenvalue weighted by Gasteiger charge is 2.15. The second-order valence-electron chi connectivity index (χ2n) is 5.96. The van der Waals surface area contributed by atoms with Crippen LogP contribution in [0.4, 0.5) is 14.5 Å². The predicted molar refractivity (Wildman–Crippen MR) is 99.0 cm³/mol. The number of aryl methyl sites for hydroxylation is 1. The molecule has 1 amide bonds. The molecule has 0 atom stereocenters. The first-order chi connectivity index (χ1) is 13.3. The van der Waals surface area contributed by atoms with Crippen molar-refractivity contribution in [3.8, 4) is 11.5 Å². The highest BCUT2D eigenvalue weighted by Crippen LogP contribution is 2.28. The van der Waals surface area contributed by atoms with Crippen LogP contribution < -0.4 is 10.1 Å². The Balaban J connectivity index is 1.80. The summed E-state index contributed by atoms with van der Waals surface area (Å²) in [6, 6.07) is 13.5. The van der Waals surface area contributed by atoms with Crippen molar-refractivity contribution < 1.29 is 28.2 Å². The summed E-state index contributed by atoms with van der Waals surface area (Å²) in [7, 11) is 0. The number of halogens is 2. The van der Waals surface area contributed by atoms with E-state index in [1.165, 1.54) is 36.4 Å². The molecule has 0 saturated heterocycles. The minimum atomic E-state index is -1.16. The standard InChI is InChI=1S/C21H15F2NO4/c1-12-10-13(20(25)24-17-5-3-2-4-15(17)21(26)27)6-8-18(12)28-19-9-7-14(22)11-16(19)23/h2-11H,1H3,(H,24,25)(H,26,27). The van der Waals surface area contributed by atoms with Crippen molar-refractivity contribution >= 4 is 17.6 Å². The lowest BCUT2D eigenvalue weighted by Crippen LogP contribution is -2.15. The fourth-order valence-electron chi connectivity index (χ4n) is 2.55. The number of aromatic carboxylic acids is 1. The molecule has 0 heterocycles. The van der Waals surface area contributed by atoms with Crippen molar-refractivity contribution in [3.05, 3.63) is 89.0 Å². The lowest BCUT2D eigenvalue weighted by atomic mass is 10.1. The van der Waals surface area contributed by atoms with E-state index in [0.29, 0.717) is 17.4 Å². The Morgan fingerprint density at radius 3 is 2.36 bits per heavy atom. The van der Waals surface area contributed by atoms with E-state index in [9.17, 15) is 23.5 Å². The van der Waals surface area contributed by atoms with Crippen LogP contribution in [0.25, 0.3) is 0 Å². The molecule has 5 nitrogen and oxygen atoms in total. The van der Waals surface area contributed by atoms with Gasteiger partial charge in [0, 0.05) is 11.6 Å². The molecule has 3 aromatic rings. The van der Waals surface area contributed by atoms with Crippen molar-refractivity contribution in [1.82, 2.24) is 0 Å². The Labute approximate surface area is 159 Å². The summed E-state index contributed by atoms with van der Waals surface area (Å²) < 4.78 is 32.2. The van der Waals surface area contributed by atoms with Gasteiger partial charge in [-0.05, 0) is 55.0 Å². The van der Waals surface area contributed by atoms with Crippen molar-refractivity contribution in [3.63, 3.8) is 0 Å². The molecular formula is C21H15F2NO4. The van der Waals surface area contributed by atoms with Crippen molar-refractivity contribution in [2.75, 3.05) is 5.32 Å². The lowest BCUT2D eigenvalue weighted by molar-refractivity contribution is 0.0698. The number of carbonyl (C=O) groups excluding carboxylic acids is 1. The first kappa shape index (κ1) is 19.0. The Bertz CT molecular complexity index is 1070. The molecule has 0 aliphatic heterocycles. The van der Waals surface area contributed by atoms with Gasteiger partial charge in [-0.25, -0.2) is 13.6 Å². The van der Waals surface area contributed by atoms with Crippen molar-refractivity contribution in [1.29, 1.82) is 0 Å². The van der Waals surface area contributed by atoms with Crippen LogP contribution in [0.15, 0.2) is 60.7 Å². The zero-order valence-corrected chi connectivity index (χ0v) is 14.7. The third kappa shape index (κ3) is 4.15. The van der Waals surface area contributed by atoms with Crippen LogP contribution in [0.1, 0.15) is 26.3 Å². The predicted octanol–water partition coefficient (Wildman–Crippen LogP) is 5.02. The molecule has 0 unspecified atom stereocenters. The van der Waals surface area contributed by atoms with E-state index in [2.05, 4.69) is 5.32 Å². The van der Waals surface area contributed by atoms with Gasteiger partial charge in [0.25, 0.3) is 5.91 Å². The first-order valence-corrected chi connectivity index (χ1v) is 8.22. The lowest BCUT2D eigenvalue weighted by Gasteiger charge is -2.12. The van der Waals surface area contributed by atoms with Gasteiger partial charge in [-0.3, -0.25) is 4.79 Å². The van der Waals surface area contributed by atoms with E-state index in [1.807, 2.05) is 0 Å². The van der Waals surface area contributed by atoms with E-state index < -0.39 is 23.5 Å².